The summed E-state index contributed by atoms with van der Waals surface area (Å²) in [5.41, 5.74) is -2.90. The van der Waals surface area contributed by atoms with Crippen LogP contribution in [0.5, 0.6) is 0 Å². The van der Waals surface area contributed by atoms with Crippen molar-refractivity contribution in [2.24, 2.45) is 0 Å². The highest BCUT2D eigenvalue weighted by Gasteiger charge is 2.43. The summed E-state index contributed by atoms with van der Waals surface area (Å²) >= 11 is 0. The van der Waals surface area contributed by atoms with E-state index in [0.29, 0.717) is 9.80 Å². The van der Waals surface area contributed by atoms with Gasteiger partial charge in [-0.15, -0.1) is 0 Å². The number of hydrogen-bond donors (Lipinski definition) is 0. The Morgan fingerprint density at radius 2 is 1.00 bits per heavy atom. The van der Waals surface area contributed by atoms with Gasteiger partial charge < -0.3 is 0 Å². The molecule has 0 aliphatic carbocycles. The quantitative estimate of drug-likeness (QED) is 0.768. The normalized spacial score (nSPS) is 17.6. The molecule has 0 bridgehead atoms. The van der Waals surface area contributed by atoms with Crippen molar-refractivity contribution in [2.45, 2.75) is 6.18 Å². The van der Waals surface area contributed by atoms with Gasteiger partial charge in [0, 0.05) is 24.3 Å². The summed E-state index contributed by atoms with van der Waals surface area (Å²) in [6, 6.07) is 2.97. The molecule has 122 valence electrons. The summed E-state index contributed by atoms with van der Waals surface area (Å²) in [6.07, 6.45) is -1.67. The molecule has 1 aromatic carbocycles. The predicted octanol–water partition coefficient (Wildman–Crippen LogP) is 1.56. The number of alkyl halides is 3. The number of anilines is 2. The highest BCUT2D eigenvalue weighted by Crippen LogP contribution is 2.44. The van der Waals surface area contributed by atoms with Gasteiger partial charge in [-0.2, -0.15) is 13.2 Å². The number of hydrogen-bond acceptors (Lipinski definition) is 4. The smallest absolute Gasteiger partial charge is 0.269 e. The zero-order chi connectivity index (χ0) is 17.6. The first kappa shape index (κ1) is 15.7. The molecule has 2 aliphatic heterocycles. The van der Waals surface area contributed by atoms with E-state index in [9.17, 15) is 32.3 Å². The van der Waals surface area contributed by atoms with Gasteiger partial charge in [0.15, 0.2) is 0 Å². The number of carbonyl (C=O) groups excluding carboxylic acids is 4. The van der Waals surface area contributed by atoms with E-state index in [1.807, 2.05) is 0 Å². The molecule has 0 fully saturated rings. The van der Waals surface area contributed by atoms with E-state index in [0.717, 1.165) is 42.5 Å². The number of rotatable bonds is 2. The van der Waals surface area contributed by atoms with Crippen molar-refractivity contribution >= 4 is 35.0 Å². The minimum Gasteiger partial charge on any atom is -0.269 e. The van der Waals surface area contributed by atoms with Gasteiger partial charge in [-0.3, -0.25) is 19.2 Å². The zero-order valence-electron chi connectivity index (χ0n) is 11.7. The van der Waals surface area contributed by atoms with Crippen LogP contribution in [0.3, 0.4) is 0 Å². The molecule has 0 spiro atoms. The van der Waals surface area contributed by atoms with Crippen LogP contribution in [0.4, 0.5) is 24.5 Å². The lowest BCUT2D eigenvalue weighted by Crippen LogP contribution is -2.35. The van der Waals surface area contributed by atoms with E-state index in [2.05, 4.69) is 0 Å². The van der Waals surface area contributed by atoms with Gasteiger partial charge in [-0.1, -0.05) is 6.07 Å². The van der Waals surface area contributed by atoms with E-state index in [1.165, 1.54) is 0 Å². The van der Waals surface area contributed by atoms with Crippen molar-refractivity contribution in [3.8, 4) is 0 Å². The summed E-state index contributed by atoms with van der Waals surface area (Å²) in [7, 11) is 0. The molecule has 24 heavy (non-hydrogen) atoms. The monoisotopic (exact) mass is 336 g/mol. The van der Waals surface area contributed by atoms with Crippen LogP contribution in [-0.4, -0.2) is 23.6 Å². The first-order chi connectivity index (χ1) is 11.2. The third kappa shape index (κ3) is 2.30. The fraction of sp³-hybridized carbons (Fsp3) is 0.0667. The van der Waals surface area contributed by atoms with Crippen LogP contribution >= 0.6 is 0 Å². The number of nitrogens with zero attached hydrogens (tertiary/aromatic N) is 2. The maximum Gasteiger partial charge on any atom is 0.420 e. The Kier molecular flexibility index (Phi) is 3.36. The van der Waals surface area contributed by atoms with Crippen molar-refractivity contribution in [2.75, 3.05) is 9.80 Å². The molecule has 4 amide bonds. The Labute approximate surface area is 132 Å². The fourth-order valence-electron chi connectivity index (χ4n) is 2.47. The average molecular weight is 336 g/mol. The second-order valence-corrected chi connectivity index (χ2v) is 4.86. The second kappa shape index (κ2) is 5.15. The van der Waals surface area contributed by atoms with Crippen LogP contribution in [0.25, 0.3) is 0 Å². The molecule has 0 atom stereocenters. The van der Waals surface area contributed by atoms with Crippen molar-refractivity contribution in [1.29, 1.82) is 0 Å². The lowest BCUT2D eigenvalue weighted by Gasteiger charge is -2.25. The highest BCUT2D eigenvalue weighted by atomic mass is 19.4. The van der Waals surface area contributed by atoms with Gasteiger partial charge in [0.2, 0.25) is 0 Å². The molecule has 6 nitrogen and oxygen atoms in total. The molecule has 3 rings (SSSR count). The number of carbonyl (C=O) groups is 4. The van der Waals surface area contributed by atoms with Gasteiger partial charge in [0.1, 0.15) is 5.56 Å². The molecule has 0 radical (unpaired) electrons. The zero-order valence-corrected chi connectivity index (χ0v) is 11.7. The Hall–Kier alpha value is -3.23. The second-order valence-electron chi connectivity index (χ2n) is 4.86. The minimum atomic E-state index is -5.02. The van der Waals surface area contributed by atoms with Crippen LogP contribution in [0.1, 0.15) is 5.56 Å². The first-order valence-corrected chi connectivity index (χ1v) is 6.54. The SMILES string of the molecule is O=C1C=CC(=O)N1c1cccc(N2C(=O)C=CC2=O)c1C(F)(F)F. The van der Waals surface area contributed by atoms with Gasteiger partial charge in [0.25, 0.3) is 23.6 Å². The van der Waals surface area contributed by atoms with Gasteiger partial charge >= 0.3 is 6.18 Å². The third-order valence-corrected chi connectivity index (χ3v) is 3.40. The topological polar surface area (TPSA) is 74.8 Å². The van der Waals surface area contributed by atoms with Crippen LogP contribution < -0.4 is 9.80 Å². The fourth-order valence-corrected chi connectivity index (χ4v) is 2.47. The van der Waals surface area contributed by atoms with Crippen LogP contribution in [-0.2, 0) is 25.4 Å². The van der Waals surface area contributed by atoms with Crippen LogP contribution in [0, 0.1) is 0 Å². The summed E-state index contributed by atoms with van der Waals surface area (Å²) in [4.78, 5) is 47.5. The maximum atomic E-state index is 13.6. The molecule has 9 heteroatoms. The van der Waals surface area contributed by atoms with E-state index >= 15 is 0 Å². The molecule has 0 saturated heterocycles. The average Bonchev–Trinajstić information content (AvgIpc) is 2.99. The van der Waals surface area contributed by atoms with Gasteiger partial charge in [-0.05, 0) is 12.1 Å². The number of imide groups is 2. The summed E-state index contributed by atoms with van der Waals surface area (Å²) in [5, 5.41) is 0. The van der Waals surface area contributed by atoms with E-state index < -0.39 is 46.7 Å². The summed E-state index contributed by atoms with van der Waals surface area (Å²) in [5.74, 6) is -3.78. The summed E-state index contributed by atoms with van der Waals surface area (Å²) < 4.78 is 40.8. The number of benzene rings is 1. The molecule has 2 aliphatic rings. The molecular weight excluding hydrogens is 329 g/mol. The molecule has 0 N–H and O–H groups in total. The van der Waals surface area contributed by atoms with Crippen LogP contribution in [0.2, 0.25) is 0 Å². The standard InChI is InChI=1S/C15H7F3N2O4/c16-15(17,18)14-8(19-10(21)4-5-11(19)22)2-1-3-9(14)20-12(23)6-7-13(20)24/h1-7H. The van der Waals surface area contributed by atoms with Crippen molar-refractivity contribution in [3.63, 3.8) is 0 Å². The molecule has 0 unspecified atom stereocenters. The number of amides is 4. The molecule has 2 heterocycles. The first-order valence-electron chi connectivity index (χ1n) is 6.54. The minimum absolute atomic E-state index is 0.338. The maximum absolute atomic E-state index is 13.6. The highest BCUT2D eigenvalue weighted by molar-refractivity contribution is 6.30. The van der Waals surface area contributed by atoms with E-state index in [-0.39, 0.29) is 0 Å². The van der Waals surface area contributed by atoms with Gasteiger partial charge in [0.05, 0.1) is 11.4 Å². The van der Waals surface area contributed by atoms with Crippen LogP contribution in [0.15, 0.2) is 42.5 Å². The summed E-state index contributed by atoms with van der Waals surface area (Å²) in [6.45, 7) is 0. The van der Waals surface area contributed by atoms with Crippen molar-refractivity contribution in [3.05, 3.63) is 48.1 Å². The van der Waals surface area contributed by atoms with Crippen molar-refractivity contribution < 1.29 is 32.3 Å². The molecule has 0 saturated carbocycles. The Morgan fingerprint density at radius 1 is 0.667 bits per heavy atom. The molecular formula is C15H7F3N2O4. The van der Waals surface area contributed by atoms with Crippen molar-refractivity contribution in [1.82, 2.24) is 0 Å². The Balaban J connectivity index is 2.24. The lowest BCUT2D eigenvalue weighted by atomic mass is 10.1. The largest absolute Gasteiger partial charge is 0.420 e. The third-order valence-electron chi connectivity index (χ3n) is 3.40. The lowest BCUT2D eigenvalue weighted by molar-refractivity contribution is -0.136. The number of halogens is 3. The van der Waals surface area contributed by atoms with E-state index in [1.54, 1.807) is 0 Å². The predicted molar refractivity (Wildman–Crippen MR) is 74.7 cm³/mol. The Bertz CT molecular complexity index is 759. The van der Waals surface area contributed by atoms with Gasteiger partial charge in [-0.25, -0.2) is 9.80 Å². The Morgan fingerprint density at radius 3 is 1.29 bits per heavy atom. The van der Waals surface area contributed by atoms with E-state index in [4.69, 9.17) is 0 Å². The molecule has 0 aromatic heterocycles. The molecule has 1 aromatic rings.